The van der Waals surface area contributed by atoms with E-state index in [1.165, 1.54) is 27.7 Å². The summed E-state index contributed by atoms with van der Waals surface area (Å²) in [5.74, 6) is -3.23. The summed E-state index contributed by atoms with van der Waals surface area (Å²) in [6, 6.07) is 6.00. The van der Waals surface area contributed by atoms with Gasteiger partial charge in [-0.25, -0.2) is 9.78 Å². The summed E-state index contributed by atoms with van der Waals surface area (Å²) in [6.45, 7) is 4.50. The number of para-hydroxylation sites is 2. The van der Waals surface area contributed by atoms with E-state index in [4.69, 9.17) is 28.1 Å². The molecule has 1 N–H and O–H groups in total. The van der Waals surface area contributed by atoms with E-state index in [0.717, 1.165) is 18.9 Å². The first kappa shape index (κ1) is 29.9. The first-order valence-corrected chi connectivity index (χ1v) is 12.8. The Balaban J connectivity index is 2.05. The zero-order chi connectivity index (χ0) is 28.7. The van der Waals surface area contributed by atoms with Gasteiger partial charge in [0, 0.05) is 40.5 Å². The van der Waals surface area contributed by atoms with E-state index in [-0.39, 0.29) is 24.7 Å². The van der Waals surface area contributed by atoms with Crippen LogP contribution in [0, 0.1) is 0 Å². The number of amides is 1. The third kappa shape index (κ3) is 7.93. The average molecular weight is 567 g/mol. The number of esters is 4. The van der Waals surface area contributed by atoms with Crippen LogP contribution in [-0.4, -0.2) is 77.8 Å². The number of oxazole rings is 1. The minimum absolute atomic E-state index is 0.0800. The number of nitrogens with zero attached hydrogens (tertiary/aromatic N) is 1. The van der Waals surface area contributed by atoms with Gasteiger partial charge in [0.25, 0.3) is 5.22 Å². The quantitative estimate of drug-likeness (QED) is 0.327. The van der Waals surface area contributed by atoms with Crippen LogP contribution in [0.3, 0.4) is 0 Å². The number of ether oxygens (including phenoxy) is 5. The number of carbonyl (C=O) groups is 5. The number of carbonyl (C=O) groups excluding carboxylic acids is 5. The first-order chi connectivity index (χ1) is 18.4. The molecule has 1 unspecified atom stereocenters. The average Bonchev–Trinajstić information content (AvgIpc) is 3.25. The molecule has 2 heterocycles. The summed E-state index contributed by atoms with van der Waals surface area (Å²) >= 11 is 0.814. The zero-order valence-corrected chi connectivity index (χ0v) is 22.9. The molecule has 1 aliphatic rings. The Hall–Kier alpha value is -3.65. The second-order valence-electron chi connectivity index (χ2n) is 8.80. The lowest BCUT2D eigenvalue weighted by Gasteiger charge is -2.46. The molecule has 14 heteroatoms. The van der Waals surface area contributed by atoms with Gasteiger partial charge < -0.3 is 33.4 Å². The number of hydrogen-bond acceptors (Lipinski definition) is 13. The fourth-order valence-electron chi connectivity index (χ4n) is 4.23. The fraction of sp³-hybridized carbons (Fsp3) is 0.520. The van der Waals surface area contributed by atoms with Crippen LogP contribution in [0.15, 0.2) is 33.9 Å². The van der Waals surface area contributed by atoms with Crippen molar-refractivity contribution in [2.75, 3.05) is 13.7 Å². The van der Waals surface area contributed by atoms with Crippen molar-refractivity contribution in [1.29, 1.82) is 0 Å². The van der Waals surface area contributed by atoms with E-state index in [1.54, 1.807) is 24.3 Å². The largest absolute Gasteiger partial charge is 0.466 e. The third-order valence-corrected chi connectivity index (χ3v) is 6.73. The minimum Gasteiger partial charge on any atom is -0.466 e. The number of nitrogens with one attached hydrogen (secondary N) is 1. The maximum Gasteiger partial charge on any atom is 0.349 e. The molecule has 1 aliphatic heterocycles. The van der Waals surface area contributed by atoms with Gasteiger partial charge in [0.1, 0.15) is 24.3 Å². The van der Waals surface area contributed by atoms with Crippen LogP contribution in [0.2, 0.25) is 0 Å². The summed E-state index contributed by atoms with van der Waals surface area (Å²) in [7, 11) is 1.16. The summed E-state index contributed by atoms with van der Waals surface area (Å²) in [4.78, 5) is 63.2. The number of methoxy groups -OCH3 is 1. The van der Waals surface area contributed by atoms with Gasteiger partial charge in [0.2, 0.25) is 10.8 Å². The first-order valence-electron chi connectivity index (χ1n) is 12.0. The van der Waals surface area contributed by atoms with Gasteiger partial charge in [-0.05, 0) is 23.9 Å². The second-order valence-corrected chi connectivity index (χ2v) is 10.0. The molecule has 212 valence electrons. The predicted molar refractivity (Wildman–Crippen MR) is 134 cm³/mol. The van der Waals surface area contributed by atoms with Gasteiger partial charge in [0.05, 0.1) is 19.3 Å². The van der Waals surface area contributed by atoms with Crippen molar-refractivity contribution in [2.45, 2.75) is 75.0 Å². The topological polar surface area (TPSA) is 170 Å². The van der Waals surface area contributed by atoms with Crippen molar-refractivity contribution >= 4 is 52.6 Å². The molecule has 0 bridgehead atoms. The van der Waals surface area contributed by atoms with E-state index < -0.39 is 59.1 Å². The summed E-state index contributed by atoms with van der Waals surface area (Å²) in [5.41, 5.74) is 1.01. The van der Waals surface area contributed by atoms with Crippen LogP contribution >= 0.6 is 11.8 Å². The van der Waals surface area contributed by atoms with E-state index in [0.29, 0.717) is 11.1 Å². The van der Waals surface area contributed by atoms with Gasteiger partial charge in [0.15, 0.2) is 5.58 Å². The van der Waals surface area contributed by atoms with Gasteiger partial charge >= 0.3 is 23.9 Å². The second kappa shape index (κ2) is 12.9. The molecule has 1 aromatic carbocycles. The zero-order valence-electron chi connectivity index (χ0n) is 22.1. The molecule has 2 aromatic rings. The molecule has 1 saturated heterocycles. The highest BCUT2D eigenvalue weighted by atomic mass is 32.2. The Labute approximate surface area is 228 Å². The summed E-state index contributed by atoms with van der Waals surface area (Å²) in [6.07, 6.45) is -3.58. The smallest absolute Gasteiger partial charge is 0.349 e. The molecule has 3 rings (SSSR count). The number of aromatic nitrogens is 1. The molecule has 13 nitrogen and oxygen atoms in total. The summed E-state index contributed by atoms with van der Waals surface area (Å²) < 4.78 is 33.1. The molecule has 1 aromatic heterocycles. The fourth-order valence-corrected chi connectivity index (χ4v) is 5.37. The van der Waals surface area contributed by atoms with Crippen molar-refractivity contribution in [2.24, 2.45) is 0 Å². The molecular formula is C25H30N2O11S. The molecule has 1 amide bonds. The molecule has 39 heavy (non-hydrogen) atoms. The van der Waals surface area contributed by atoms with Gasteiger partial charge in [-0.3, -0.25) is 19.2 Å². The molecule has 0 saturated carbocycles. The highest BCUT2D eigenvalue weighted by molar-refractivity contribution is 8.01. The Morgan fingerprint density at radius 1 is 1.10 bits per heavy atom. The number of hydrogen-bond donors (Lipinski definition) is 1. The summed E-state index contributed by atoms with van der Waals surface area (Å²) in [5, 5.41) is 2.78. The van der Waals surface area contributed by atoms with E-state index in [9.17, 15) is 24.0 Å². The van der Waals surface area contributed by atoms with E-state index >= 15 is 0 Å². The number of fused-ring (bicyclic) bond motifs is 1. The lowest BCUT2D eigenvalue weighted by molar-refractivity contribution is -0.196. The van der Waals surface area contributed by atoms with E-state index in [1.807, 2.05) is 0 Å². The molecule has 5 atom stereocenters. The van der Waals surface area contributed by atoms with Gasteiger partial charge in [-0.2, -0.15) is 0 Å². The number of rotatable bonds is 10. The van der Waals surface area contributed by atoms with Crippen molar-refractivity contribution in [3.63, 3.8) is 0 Å². The monoisotopic (exact) mass is 566 g/mol. The van der Waals surface area contributed by atoms with E-state index in [2.05, 4.69) is 10.3 Å². The molecule has 0 radical (unpaired) electrons. The minimum atomic E-state index is -1.85. The van der Waals surface area contributed by atoms with Crippen LogP contribution in [-0.2, 0) is 47.7 Å². The van der Waals surface area contributed by atoms with Crippen LogP contribution in [0.5, 0.6) is 0 Å². The predicted octanol–water partition coefficient (Wildman–Crippen LogP) is 1.90. The number of benzene rings is 1. The normalized spacial score (nSPS) is 23.4. The molecule has 0 aliphatic carbocycles. The van der Waals surface area contributed by atoms with Crippen molar-refractivity contribution in [3.8, 4) is 0 Å². The van der Waals surface area contributed by atoms with Crippen LogP contribution in [0.1, 0.15) is 40.5 Å². The number of thioether (sulfide) groups is 1. The highest BCUT2D eigenvalue weighted by Gasteiger charge is 2.56. The van der Waals surface area contributed by atoms with Crippen LogP contribution in [0.4, 0.5) is 0 Å². The molecule has 1 fully saturated rings. The van der Waals surface area contributed by atoms with Crippen LogP contribution in [0.25, 0.3) is 11.1 Å². The lowest BCUT2D eigenvalue weighted by atomic mass is 9.91. The van der Waals surface area contributed by atoms with Gasteiger partial charge in [-0.15, -0.1) is 0 Å². The Kier molecular flexibility index (Phi) is 9.92. The Morgan fingerprint density at radius 3 is 2.41 bits per heavy atom. The maximum atomic E-state index is 13.3. The Bertz CT molecular complexity index is 1200. The van der Waals surface area contributed by atoms with Crippen molar-refractivity contribution < 1.29 is 52.1 Å². The molecular weight excluding hydrogens is 536 g/mol. The van der Waals surface area contributed by atoms with Crippen LogP contribution < -0.4 is 5.32 Å². The Morgan fingerprint density at radius 2 is 1.82 bits per heavy atom. The maximum absolute atomic E-state index is 13.3. The molecule has 0 spiro atoms. The van der Waals surface area contributed by atoms with Gasteiger partial charge in [-0.1, -0.05) is 12.1 Å². The van der Waals surface area contributed by atoms with Crippen molar-refractivity contribution in [1.82, 2.24) is 10.3 Å². The lowest BCUT2D eigenvalue weighted by Crippen LogP contribution is -2.63. The standard InChI is InChI=1S/C25H30N2O11S/c1-13(28)26-22-20(10-17(35-15(3)30)12-34-14(2)29)38-25(23(32)33-5,11-21(22)36-16(4)31)39-24-27-18-8-6-7-9-19(18)37-24/h6-9,17,20-22H,10-12H2,1-5H3,(H,26,28)/t17-,20?,21+,22-,25-/m0/s1. The van der Waals surface area contributed by atoms with Crippen molar-refractivity contribution in [3.05, 3.63) is 24.3 Å². The highest BCUT2D eigenvalue weighted by Crippen LogP contribution is 2.45. The SMILES string of the molecule is COC(=O)[C@@]1(Sc2nc3ccccc3o2)C[C@@H](OC(C)=O)[C@@H](NC(C)=O)C(C[C@@H](COC(C)=O)OC(C)=O)O1. The third-order valence-electron chi connectivity index (χ3n) is 5.62.